The molecule has 2 aromatic heterocycles. The minimum absolute atomic E-state index is 0.0246. The lowest BCUT2D eigenvalue weighted by Gasteiger charge is -2.55. The average Bonchev–Trinajstić information content (AvgIpc) is 3.61. The number of aromatic nitrogens is 5. The van der Waals surface area contributed by atoms with Crippen molar-refractivity contribution in [2.45, 2.75) is 42.7 Å². The van der Waals surface area contributed by atoms with E-state index in [0.717, 1.165) is 63.8 Å². The van der Waals surface area contributed by atoms with Crippen LogP contribution in [-0.2, 0) is 26.3 Å². The molecule has 1 unspecified atom stereocenters. The third-order valence-electron chi connectivity index (χ3n) is 6.63. The number of nitrogen functional groups attached to an aromatic ring is 1. The Labute approximate surface area is 237 Å². The van der Waals surface area contributed by atoms with E-state index in [9.17, 15) is 29.1 Å². The number of fused-ring (bicyclic) bond motifs is 1. The standard InChI is InChI=1S/C21H21N9O7S3/c1-29-13(25-26-15(32)16(29)33)9-6-39-19-21(7-38,18(36)30(19)11(9)17(34)35)24-14(31)10(12-23-20(22)40-28-12)27-37-8-4-2-3-5-8/h7-8,19H,2-6H2,1H3,(H,24,31)(H,26,32)(H,34,35)(H2,22,23,28)/t19-,21?/m0/s1. The van der Waals surface area contributed by atoms with Gasteiger partial charge in [0.1, 0.15) is 17.2 Å². The van der Waals surface area contributed by atoms with Crippen molar-refractivity contribution in [2.75, 3.05) is 11.5 Å². The van der Waals surface area contributed by atoms with Gasteiger partial charge in [0, 0.05) is 35.3 Å². The summed E-state index contributed by atoms with van der Waals surface area (Å²) in [5.41, 5.74) is 1.21. The van der Waals surface area contributed by atoms with Crippen LogP contribution in [0.5, 0.6) is 0 Å². The number of anilines is 1. The first-order valence-corrected chi connectivity index (χ1v) is 14.1. The highest BCUT2D eigenvalue weighted by atomic mass is 32.2. The van der Waals surface area contributed by atoms with Gasteiger partial charge in [-0.15, -0.1) is 11.8 Å². The number of aliphatic carboxylic acids is 1. The Hall–Kier alpha value is -3.97. The van der Waals surface area contributed by atoms with E-state index in [1.165, 1.54) is 7.05 Å². The predicted molar refractivity (Wildman–Crippen MR) is 146 cm³/mol. The third-order valence-corrected chi connectivity index (χ3v) is 8.90. The summed E-state index contributed by atoms with van der Waals surface area (Å²) in [5.74, 6) is -3.46. The minimum Gasteiger partial charge on any atom is -0.477 e. The highest BCUT2D eigenvalue weighted by Gasteiger charge is 2.65. The van der Waals surface area contributed by atoms with Crippen molar-refractivity contribution < 1.29 is 24.3 Å². The van der Waals surface area contributed by atoms with Crippen LogP contribution in [0.1, 0.15) is 37.3 Å². The molecule has 0 spiro atoms. The van der Waals surface area contributed by atoms with Gasteiger partial charge in [0.05, 0.1) is 0 Å². The zero-order chi connectivity index (χ0) is 28.8. The molecule has 210 valence electrons. The lowest BCUT2D eigenvalue weighted by Crippen LogP contribution is -2.80. The fourth-order valence-corrected chi connectivity index (χ4v) is 6.87. The van der Waals surface area contributed by atoms with Gasteiger partial charge in [0.25, 0.3) is 11.8 Å². The topological polar surface area (TPSA) is 228 Å². The largest absolute Gasteiger partial charge is 0.477 e. The fourth-order valence-electron chi connectivity index (χ4n) is 4.63. The first-order valence-electron chi connectivity index (χ1n) is 11.8. The number of nitrogens with zero attached hydrogens (tertiary/aromatic N) is 6. The highest BCUT2D eigenvalue weighted by molar-refractivity contribution is 8.00. The van der Waals surface area contributed by atoms with Gasteiger partial charge in [0.15, 0.2) is 16.5 Å². The number of thiocarbonyl (C=S) groups is 1. The number of hydrogen-bond acceptors (Lipinski definition) is 14. The quantitative estimate of drug-likeness (QED) is 0.0913. The molecule has 2 atom stereocenters. The van der Waals surface area contributed by atoms with Gasteiger partial charge in [-0.25, -0.2) is 9.89 Å². The molecule has 1 saturated heterocycles. The van der Waals surface area contributed by atoms with Crippen molar-refractivity contribution in [3.8, 4) is 0 Å². The molecule has 0 radical (unpaired) electrons. The number of carbonyl (C=O) groups excluding carboxylic acids is 2. The van der Waals surface area contributed by atoms with Gasteiger partial charge >= 0.3 is 17.1 Å². The van der Waals surface area contributed by atoms with Crippen molar-refractivity contribution >= 4 is 75.1 Å². The van der Waals surface area contributed by atoms with E-state index < -0.39 is 45.5 Å². The Bertz CT molecular complexity index is 1610. The number of thioether (sulfide) groups is 1. The number of hydrogen-bond donors (Lipinski definition) is 4. The zero-order valence-corrected chi connectivity index (χ0v) is 23.1. The molecule has 5 rings (SSSR count). The van der Waals surface area contributed by atoms with Gasteiger partial charge in [0.2, 0.25) is 11.5 Å². The summed E-state index contributed by atoms with van der Waals surface area (Å²) >= 11 is 7.08. The highest BCUT2D eigenvalue weighted by Crippen LogP contribution is 2.47. The van der Waals surface area contributed by atoms with Gasteiger partial charge in [-0.3, -0.25) is 28.6 Å². The van der Waals surface area contributed by atoms with E-state index in [2.05, 4.69) is 24.9 Å². The molecule has 0 aromatic carbocycles. The molecule has 16 nitrogen and oxygen atoms in total. The SMILES string of the molecule is Cn1c(C2=C(C(=O)O)N3C(=O)C(C=S)(NC(=O)C(=NOC4CCCC4)c4nsc(N)n4)[C@@H]3SC2)n[nH]c(=O)c1=O. The number of β-lactam (4-membered cyclic amide) rings is 1. The number of aromatic amines is 1. The molecule has 3 aliphatic rings. The van der Waals surface area contributed by atoms with Crippen molar-refractivity contribution in [3.63, 3.8) is 0 Å². The lowest BCUT2D eigenvalue weighted by atomic mass is 9.87. The van der Waals surface area contributed by atoms with Crippen LogP contribution in [0.15, 0.2) is 20.4 Å². The molecule has 5 N–H and O–H groups in total. The van der Waals surface area contributed by atoms with Crippen LogP contribution in [0.25, 0.3) is 5.57 Å². The summed E-state index contributed by atoms with van der Waals surface area (Å²) < 4.78 is 4.93. The zero-order valence-electron chi connectivity index (χ0n) is 20.6. The maximum absolute atomic E-state index is 13.5. The molecular formula is C21H21N9O7S3. The Morgan fingerprint density at radius 1 is 1.32 bits per heavy atom. The summed E-state index contributed by atoms with van der Waals surface area (Å²) in [6.07, 6.45) is 3.27. The minimum atomic E-state index is -1.79. The number of nitrogens with two attached hydrogens (primary N) is 1. The molecule has 2 amide bonds. The number of nitrogens with one attached hydrogen (secondary N) is 2. The Kier molecular flexibility index (Phi) is 7.27. The van der Waals surface area contributed by atoms with Gasteiger partial charge < -0.3 is 21.0 Å². The average molecular weight is 608 g/mol. The van der Waals surface area contributed by atoms with Crippen molar-refractivity contribution in [3.05, 3.63) is 38.1 Å². The molecule has 2 aromatic rings. The second-order valence-electron chi connectivity index (χ2n) is 9.06. The number of amides is 2. The molecule has 4 heterocycles. The summed E-state index contributed by atoms with van der Waals surface area (Å²) in [4.78, 5) is 73.6. The number of rotatable bonds is 8. The Balaban J connectivity index is 1.48. The van der Waals surface area contributed by atoms with E-state index in [1.807, 2.05) is 5.10 Å². The smallest absolute Gasteiger partial charge is 0.353 e. The first-order chi connectivity index (χ1) is 19.1. The van der Waals surface area contributed by atoms with Gasteiger partial charge in [-0.05, 0) is 25.7 Å². The molecule has 2 aliphatic heterocycles. The normalized spacial score (nSPS) is 23.0. The van der Waals surface area contributed by atoms with Crippen LogP contribution in [0, 0.1) is 0 Å². The molecule has 19 heteroatoms. The number of oxime groups is 1. The number of carboxylic acid groups (broad SMARTS) is 1. The summed E-state index contributed by atoms with van der Waals surface area (Å²) in [6.45, 7) is 0. The Morgan fingerprint density at radius 3 is 2.67 bits per heavy atom. The van der Waals surface area contributed by atoms with Crippen LogP contribution in [-0.4, -0.2) is 85.8 Å². The van der Waals surface area contributed by atoms with Crippen molar-refractivity contribution in [2.24, 2.45) is 12.2 Å². The molecule has 40 heavy (non-hydrogen) atoms. The van der Waals surface area contributed by atoms with Crippen LogP contribution < -0.4 is 22.2 Å². The summed E-state index contributed by atoms with van der Waals surface area (Å²) in [6, 6.07) is 0. The van der Waals surface area contributed by atoms with E-state index in [1.54, 1.807) is 0 Å². The van der Waals surface area contributed by atoms with E-state index >= 15 is 0 Å². The van der Waals surface area contributed by atoms with Crippen molar-refractivity contribution in [1.82, 2.24) is 34.3 Å². The molecule has 1 saturated carbocycles. The second kappa shape index (κ2) is 10.5. The van der Waals surface area contributed by atoms with E-state index in [4.69, 9.17) is 22.8 Å². The summed E-state index contributed by atoms with van der Waals surface area (Å²) in [5, 5.41) is 22.6. The second-order valence-corrected chi connectivity index (χ2v) is 11.1. The maximum atomic E-state index is 13.5. The Morgan fingerprint density at radius 2 is 2.05 bits per heavy atom. The lowest BCUT2D eigenvalue weighted by molar-refractivity contribution is -0.153. The van der Waals surface area contributed by atoms with Crippen LogP contribution in [0.3, 0.4) is 0 Å². The number of H-pyrrole nitrogens is 1. The first kappa shape index (κ1) is 27.6. The van der Waals surface area contributed by atoms with Crippen LogP contribution in [0.2, 0.25) is 0 Å². The van der Waals surface area contributed by atoms with Gasteiger partial charge in [-0.2, -0.15) is 14.5 Å². The maximum Gasteiger partial charge on any atom is 0.353 e. The number of carbonyl (C=O) groups is 3. The monoisotopic (exact) mass is 607 g/mol. The number of carboxylic acids is 1. The fraction of sp³-hybridized carbons (Fsp3) is 0.429. The molecule has 1 aliphatic carbocycles. The predicted octanol–water partition coefficient (Wildman–Crippen LogP) is -1.17. The van der Waals surface area contributed by atoms with Crippen molar-refractivity contribution in [1.29, 1.82) is 0 Å². The summed E-state index contributed by atoms with van der Waals surface area (Å²) in [7, 11) is 1.26. The van der Waals surface area contributed by atoms with Gasteiger partial charge in [-0.1, -0.05) is 17.4 Å². The molecule has 0 bridgehead atoms. The molecular weight excluding hydrogens is 586 g/mol. The third kappa shape index (κ3) is 4.48. The van der Waals surface area contributed by atoms with Crippen LogP contribution >= 0.6 is 35.5 Å². The van der Waals surface area contributed by atoms with Crippen LogP contribution in [0.4, 0.5) is 5.13 Å². The van der Waals surface area contributed by atoms with E-state index in [-0.39, 0.29) is 39.9 Å². The molecule has 2 fully saturated rings. The van der Waals surface area contributed by atoms with E-state index in [0.29, 0.717) is 0 Å².